The van der Waals surface area contributed by atoms with Gasteiger partial charge in [-0.25, -0.2) is 0 Å². The maximum absolute atomic E-state index is 11.3. The highest BCUT2D eigenvalue weighted by atomic mass is 16.1. The molecule has 19 heavy (non-hydrogen) atoms. The lowest BCUT2D eigenvalue weighted by Gasteiger charge is -2.60. The van der Waals surface area contributed by atoms with Gasteiger partial charge in [-0.15, -0.1) is 0 Å². The van der Waals surface area contributed by atoms with Crippen LogP contribution in [-0.4, -0.2) is 6.29 Å². The van der Waals surface area contributed by atoms with Crippen molar-refractivity contribution in [3.8, 4) is 0 Å². The zero-order chi connectivity index (χ0) is 13.9. The largest absolute Gasteiger partial charge is 0.303 e. The fourth-order valence-electron chi connectivity index (χ4n) is 6.49. The van der Waals surface area contributed by atoms with Crippen molar-refractivity contribution in [3.05, 3.63) is 0 Å². The Morgan fingerprint density at radius 2 is 1.84 bits per heavy atom. The number of carbonyl (C=O) groups excluding carboxylic acids is 1. The van der Waals surface area contributed by atoms with Gasteiger partial charge in [-0.05, 0) is 66.1 Å². The third-order valence-corrected chi connectivity index (χ3v) is 7.50. The monoisotopic (exact) mass is 262 g/mol. The van der Waals surface area contributed by atoms with E-state index in [0.29, 0.717) is 22.2 Å². The van der Waals surface area contributed by atoms with Crippen LogP contribution in [0.15, 0.2) is 0 Å². The number of carbonyl (C=O) groups is 1. The number of rotatable bonds is 2. The quantitative estimate of drug-likeness (QED) is 0.650. The Labute approximate surface area is 118 Å². The summed E-state index contributed by atoms with van der Waals surface area (Å²) in [6.07, 6.45) is 10.3. The van der Waals surface area contributed by atoms with E-state index in [1.807, 2.05) is 0 Å². The standard InChI is InChI=1S/C18H30O/c1-13-12-18(13)10-6-14-16(2,3)8-5-9-17(14,4)15(18)7-11-19/h11,13-15H,5-10,12H2,1-4H3/t13?,14-,15+,17-,18?/m0/s1. The van der Waals surface area contributed by atoms with E-state index in [0.717, 1.165) is 18.3 Å². The van der Waals surface area contributed by atoms with Crippen molar-refractivity contribution in [1.82, 2.24) is 0 Å². The molecular formula is C18H30O. The number of hydrogen-bond donors (Lipinski definition) is 0. The molecular weight excluding hydrogens is 232 g/mol. The SMILES string of the molecule is CC1CC12CC[C@H]1C(C)(C)CCC[C@]1(C)[C@H]2CC=O. The first-order valence-corrected chi connectivity index (χ1v) is 8.30. The van der Waals surface area contributed by atoms with E-state index in [1.165, 1.54) is 44.8 Å². The van der Waals surface area contributed by atoms with Crippen LogP contribution < -0.4 is 0 Å². The van der Waals surface area contributed by atoms with Crippen molar-refractivity contribution >= 4 is 6.29 Å². The lowest BCUT2D eigenvalue weighted by molar-refractivity contribution is -0.126. The molecule has 0 amide bonds. The van der Waals surface area contributed by atoms with Crippen molar-refractivity contribution in [1.29, 1.82) is 0 Å². The molecule has 0 bridgehead atoms. The number of fused-ring (bicyclic) bond motifs is 1. The molecule has 5 atom stereocenters. The van der Waals surface area contributed by atoms with Crippen LogP contribution in [0, 0.1) is 34.0 Å². The Morgan fingerprint density at radius 3 is 2.42 bits per heavy atom. The van der Waals surface area contributed by atoms with Crippen LogP contribution in [0.25, 0.3) is 0 Å². The molecule has 0 aromatic carbocycles. The first-order chi connectivity index (χ1) is 8.87. The summed E-state index contributed by atoms with van der Waals surface area (Å²) in [6.45, 7) is 9.89. The lowest BCUT2D eigenvalue weighted by Crippen LogP contribution is -2.52. The summed E-state index contributed by atoms with van der Waals surface area (Å²) in [6, 6.07) is 0. The van der Waals surface area contributed by atoms with Crippen LogP contribution in [0.1, 0.15) is 72.6 Å². The molecule has 3 rings (SSSR count). The molecule has 1 spiro atoms. The zero-order valence-electron chi connectivity index (χ0n) is 13.2. The van der Waals surface area contributed by atoms with Gasteiger partial charge in [0, 0.05) is 6.42 Å². The Hall–Kier alpha value is -0.330. The van der Waals surface area contributed by atoms with E-state index in [-0.39, 0.29) is 0 Å². The average molecular weight is 262 g/mol. The molecule has 0 aliphatic heterocycles. The summed E-state index contributed by atoms with van der Waals surface area (Å²) >= 11 is 0. The van der Waals surface area contributed by atoms with Gasteiger partial charge in [0.15, 0.2) is 0 Å². The third-order valence-electron chi connectivity index (χ3n) is 7.50. The molecule has 0 N–H and O–H groups in total. The van der Waals surface area contributed by atoms with E-state index in [9.17, 15) is 4.79 Å². The molecule has 3 aliphatic rings. The van der Waals surface area contributed by atoms with Gasteiger partial charge in [0.25, 0.3) is 0 Å². The smallest absolute Gasteiger partial charge is 0.120 e. The van der Waals surface area contributed by atoms with E-state index < -0.39 is 0 Å². The van der Waals surface area contributed by atoms with Gasteiger partial charge in [-0.3, -0.25) is 0 Å². The van der Waals surface area contributed by atoms with Crippen molar-refractivity contribution in [3.63, 3.8) is 0 Å². The fourth-order valence-corrected chi connectivity index (χ4v) is 6.49. The van der Waals surface area contributed by atoms with E-state index in [4.69, 9.17) is 0 Å². The minimum atomic E-state index is 0.422. The predicted octanol–water partition coefficient (Wildman–Crippen LogP) is 4.84. The first kappa shape index (κ1) is 13.6. The maximum Gasteiger partial charge on any atom is 0.120 e. The van der Waals surface area contributed by atoms with Crippen LogP contribution in [0.5, 0.6) is 0 Å². The highest BCUT2D eigenvalue weighted by Crippen LogP contribution is 2.73. The molecule has 0 heterocycles. The second-order valence-corrected chi connectivity index (χ2v) is 8.73. The van der Waals surface area contributed by atoms with Crippen LogP contribution in [0.4, 0.5) is 0 Å². The summed E-state index contributed by atoms with van der Waals surface area (Å²) < 4.78 is 0. The molecule has 0 radical (unpaired) electrons. The molecule has 0 saturated heterocycles. The topological polar surface area (TPSA) is 17.1 Å². The maximum atomic E-state index is 11.3. The fraction of sp³-hybridized carbons (Fsp3) is 0.944. The summed E-state index contributed by atoms with van der Waals surface area (Å²) in [5, 5.41) is 0. The molecule has 108 valence electrons. The van der Waals surface area contributed by atoms with Crippen molar-refractivity contribution in [2.24, 2.45) is 34.0 Å². The normalized spacial score (nSPS) is 51.7. The van der Waals surface area contributed by atoms with Gasteiger partial charge in [-0.1, -0.05) is 34.1 Å². The Balaban J connectivity index is 1.97. The van der Waals surface area contributed by atoms with E-state index >= 15 is 0 Å². The van der Waals surface area contributed by atoms with Gasteiger partial charge in [0.05, 0.1) is 0 Å². The summed E-state index contributed by atoms with van der Waals surface area (Å²) in [7, 11) is 0. The molecule has 0 aromatic heterocycles. The molecule has 1 heteroatoms. The van der Waals surface area contributed by atoms with Crippen molar-refractivity contribution in [2.45, 2.75) is 72.6 Å². The third kappa shape index (κ3) is 1.76. The van der Waals surface area contributed by atoms with Gasteiger partial charge in [0.2, 0.25) is 0 Å². The summed E-state index contributed by atoms with van der Waals surface area (Å²) in [5.41, 5.74) is 1.44. The van der Waals surface area contributed by atoms with E-state index in [2.05, 4.69) is 27.7 Å². The van der Waals surface area contributed by atoms with Gasteiger partial charge in [0.1, 0.15) is 6.29 Å². The first-order valence-electron chi connectivity index (χ1n) is 8.30. The van der Waals surface area contributed by atoms with Crippen LogP contribution in [0.2, 0.25) is 0 Å². The minimum Gasteiger partial charge on any atom is -0.303 e. The Bertz CT molecular complexity index is 385. The molecule has 2 unspecified atom stereocenters. The van der Waals surface area contributed by atoms with Crippen LogP contribution >= 0.6 is 0 Å². The van der Waals surface area contributed by atoms with Crippen molar-refractivity contribution < 1.29 is 4.79 Å². The van der Waals surface area contributed by atoms with Crippen molar-refractivity contribution in [2.75, 3.05) is 0 Å². The molecule has 1 nitrogen and oxygen atoms in total. The van der Waals surface area contributed by atoms with Gasteiger partial charge in [-0.2, -0.15) is 0 Å². The zero-order valence-corrected chi connectivity index (χ0v) is 13.2. The highest BCUT2D eigenvalue weighted by molar-refractivity contribution is 5.51. The highest BCUT2D eigenvalue weighted by Gasteiger charge is 2.66. The number of hydrogen-bond acceptors (Lipinski definition) is 1. The second kappa shape index (κ2) is 4.09. The minimum absolute atomic E-state index is 0.422. The Kier molecular flexibility index (Phi) is 2.93. The summed E-state index contributed by atoms with van der Waals surface area (Å²) in [4.78, 5) is 11.3. The second-order valence-electron chi connectivity index (χ2n) is 8.73. The van der Waals surface area contributed by atoms with Crippen LogP contribution in [0.3, 0.4) is 0 Å². The van der Waals surface area contributed by atoms with E-state index in [1.54, 1.807) is 0 Å². The lowest BCUT2D eigenvalue weighted by atomic mass is 9.45. The molecule has 3 saturated carbocycles. The van der Waals surface area contributed by atoms with Gasteiger partial charge < -0.3 is 4.79 Å². The van der Waals surface area contributed by atoms with Gasteiger partial charge >= 0.3 is 0 Å². The Morgan fingerprint density at radius 1 is 1.16 bits per heavy atom. The molecule has 3 fully saturated rings. The molecule has 0 aromatic rings. The van der Waals surface area contributed by atoms with Crippen LogP contribution in [-0.2, 0) is 4.79 Å². The number of aldehydes is 1. The summed E-state index contributed by atoms with van der Waals surface area (Å²) in [5.74, 6) is 2.35. The molecule has 3 aliphatic carbocycles. The predicted molar refractivity (Wildman–Crippen MR) is 78.8 cm³/mol. The average Bonchev–Trinajstić information content (AvgIpc) is 2.94.